The first-order valence-corrected chi connectivity index (χ1v) is 6.48. The van der Waals surface area contributed by atoms with Crippen molar-refractivity contribution in [1.29, 1.82) is 0 Å². The second-order valence-corrected chi connectivity index (χ2v) is 5.22. The van der Waals surface area contributed by atoms with E-state index in [4.69, 9.17) is 5.11 Å². The van der Waals surface area contributed by atoms with Crippen LogP contribution in [0, 0.1) is 12.7 Å². The molecule has 2 amide bonds. The second kappa shape index (κ2) is 5.48. The highest BCUT2D eigenvalue weighted by molar-refractivity contribution is 5.91. The number of aryl methyl sites for hydroxylation is 1. The van der Waals surface area contributed by atoms with Crippen LogP contribution in [0.1, 0.15) is 31.2 Å². The van der Waals surface area contributed by atoms with Crippen LogP contribution in [0.2, 0.25) is 0 Å². The maximum atomic E-state index is 13.6. The van der Waals surface area contributed by atoms with Crippen molar-refractivity contribution in [2.75, 3.05) is 5.32 Å². The number of carbonyl (C=O) groups excluding carboxylic acids is 1. The third-order valence-electron chi connectivity index (χ3n) is 3.64. The summed E-state index contributed by atoms with van der Waals surface area (Å²) in [5.74, 6) is -1.46. The Hall–Kier alpha value is -2.11. The van der Waals surface area contributed by atoms with Gasteiger partial charge in [0.15, 0.2) is 0 Å². The average molecular weight is 280 g/mol. The second-order valence-electron chi connectivity index (χ2n) is 5.22. The molecule has 1 aromatic rings. The lowest BCUT2D eigenvalue weighted by molar-refractivity contribution is -0.139. The zero-order valence-electron chi connectivity index (χ0n) is 11.2. The van der Waals surface area contributed by atoms with E-state index in [0.29, 0.717) is 18.4 Å². The molecule has 2 rings (SSSR count). The van der Waals surface area contributed by atoms with Crippen LogP contribution in [0.25, 0.3) is 0 Å². The normalized spacial score (nSPS) is 16.1. The Morgan fingerprint density at radius 1 is 1.40 bits per heavy atom. The first-order chi connectivity index (χ1) is 9.42. The molecule has 0 aliphatic heterocycles. The van der Waals surface area contributed by atoms with Gasteiger partial charge in [0.2, 0.25) is 0 Å². The number of aliphatic carboxylic acids is 1. The Morgan fingerprint density at radius 2 is 2.10 bits per heavy atom. The smallest absolute Gasteiger partial charge is 0.319 e. The number of para-hydroxylation sites is 1. The number of carboxylic acid groups (broad SMARTS) is 1. The molecule has 1 aromatic carbocycles. The van der Waals surface area contributed by atoms with Crippen molar-refractivity contribution in [3.63, 3.8) is 0 Å². The van der Waals surface area contributed by atoms with Gasteiger partial charge in [-0.3, -0.25) is 4.79 Å². The Kier molecular flexibility index (Phi) is 3.92. The van der Waals surface area contributed by atoms with Crippen LogP contribution in [0.5, 0.6) is 0 Å². The average Bonchev–Trinajstić information content (AvgIpc) is 2.30. The molecule has 1 aliphatic rings. The zero-order chi connectivity index (χ0) is 14.8. The number of nitrogens with one attached hydrogen (secondary N) is 2. The molecular formula is C14H17FN2O3. The highest BCUT2D eigenvalue weighted by atomic mass is 19.1. The lowest BCUT2D eigenvalue weighted by Crippen LogP contribution is -2.55. The van der Waals surface area contributed by atoms with Crippen molar-refractivity contribution < 1.29 is 19.1 Å². The Morgan fingerprint density at radius 3 is 2.60 bits per heavy atom. The fraction of sp³-hybridized carbons (Fsp3) is 0.429. The van der Waals surface area contributed by atoms with Crippen LogP contribution in [-0.2, 0) is 4.79 Å². The minimum Gasteiger partial charge on any atom is -0.481 e. The van der Waals surface area contributed by atoms with E-state index in [1.807, 2.05) is 0 Å². The van der Waals surface area contributed by atoms with E-state index in [1.165, 1.54) is 6.07 Å². The number of urea groups is 1. The van der Waals surface area contributed by atoms with E-state index in [1.54, 1.807) is 19.1 Å². The van der Waals surface area contributed by atoms with Crippen LogP contribution >= 0.6 is 0 Å². The Bertz CT molecular complexity index is 521. The maximum absolute atomic E-state index is 13.6. The standard InChI is InChI=1S/C14H17FN2O3/c1-9-4-2-5-10(15)12(9)16-13(20)17-14(6-3-7-14)8-11(18)19/h2,4-5H,3,6-8H2,1H3,(H,18,19)(H2,16,17,20). The molecule has 0 spiro atoms. The van der Waals surface area contributed by atoms with E-state index >= 15 is 0 Å². The van der Waals surface area contributed by atoms with Gasteiger partial charge in [0.1, 0.15) is 5.82 Å². The number of carboxylic acids is 1. The summed E-state index contributed by atoms with van der Waals surface area (Å²) in [6, 6.07) is 3.94. The highest BCUT2D eigenvalue weighted by Gasteiger charge is 2.40. The van der Waals surface area contributed by atoms with Crippen molar-refractivity contribution in [2.45, 2.75) is 38.1 Å². The lowest BCUT2D eigenvalue weighted by atomic mass is 9.74. The van der Waals surface area contributed by atoms with Gasteiger partial charge in [-0.25, -0.2) is 9.18 Å². The number of hydrogen-bond donors (Lipinski definition) is 3. The molecule has 3 N–H and O–H groups in total. The molecule has 1 saturated carbocycles. The summed E-state index contributed by atoms with van der Waals surface area (Å²) < 4.78 is 13.6. The summed E-state index contributed by atoms with van der Waals surface area (Å²) in [6.07, 6.45) is 2.02. The molecule has 0 atom stereocenters. The summed E-state index contributed by atoms with van der Waals surface area (Å²) in [5.41, 5.74) is 0.0329. The molecule has 20 heavy (non-hydrogen) atoms. The summed E-state index contributed by atoms with van der Waals surface area (Å²) in [6.45, 7) is 1.69. The number of amides is 2. The number of hydrogen-bond acceptors (Lipinski definition) is 2. The van der Waals surface area contributed by atoms with Gasteiger partial charge in [0, 0.05) is 0 Å². The van der Waals surface area contributed by atoms with Crippen LogP contribution < -0.4 is 10.6 Å². The van der Waals surface area contributed by atoms with E-state index < -0.39 is 23.4 Å². The summed E-state index contributed by atoms with van der Waals surface area (Å²) >= 11 is 0. The summed E-state index contributed by atoms with van der Waals surface area (Å²) in [7, 11) is 0. The molecule has 0 aromatic heterocycles. The topological polar surface area (TPSA) is 78.4 Å². The van der Waals surface area contributed by atoms with Gasteiger partial charge in [-0.05, 0) is 37.8 Å². The lowest BCUT2D eigenvalue weighted by Gasteiger charge is -2.41. The van der Waals surface area contributed by atoms with Crippen LogP contribution in [0.4, 0.5) is 14.9 Å². The quantitative estimate of drug-likeness (QED) is 0.793. The molecule has 6 heteroatoms. The number of halogens is 1. The van der Waals surface area contributed by atoms with Gasteiger partial charge in [-0.15, -0.1) is 0 Å². The fourth-order valence-corrected chi connectivity index (χ4v) is 2.41. The largest absolute Gasteiger partial charge is 0.481 e. The van der Waals surface area contributed by atoms with E-state index in [-0.39, 0.29) is 12.1 Å². The van der Waals surface area contributed by atoms with Crippen molar-refractivity contribution >= 4 is 17.7 Å². The van der Waals surface area contributed by atoms with Crippen molar-refractivity contribution in [3.8, 4) is 0 Å². The van der Waals surface area contributed by atoms with Crippen LogP contribution in [0.15, 0.2) is 18.2 Å². The molecule has 108 valence electrons. The summed E-state index contributed by atoms with van der Waals surface area (Å²) in [4.78, 5) is 22.7. The number of benzene rings is 1. The molecule has 0 saturated heterocycles. The Labute approximate surface area is 116 Å². The van der Waals surface area contributed by atoms with Gasteiger partial charge in [0.05, 0.1) is 17.6 Å². The molecule has 0 radical (unpaired) electrons. The van der Waals surface area contributed by atoms with E-state index in [9.17, 15) is 14.0 Å². The molecule has 1 aliphatic carbocycles. The van der Waals surface area contributed by atoms with Gasteiger partial charge in [-0.1, -0.05) is 12.1 Å². The SMILES string of the molecule is Cc1cccc(F)c1NC(=O)NC1(CC(=O)O)CCC1. The minimum absolute atomic E-state index is 0.114. The van der Waals surface area contributed by atoms with Crippen LogP contribution in [0.3, 0.4) is 0 Å². The first kappa shape index (κ1) is 14.3. The fourth-order valence-electron chi connectivity index (χ4n) is 2.41. The molecule has 1 fully saturated rings. The Balaban J connectivity index is 2.04. The maximum Gasteiger partial charge on any atom is 0.319 e. The third-order valence-corrected chi connectivity index (χ3v) is 3.64. The predicted molar refractivity (Wildman–Crippen MR) is 72.1 cm³/mol. The van der Waals surface area contributed by atoms with Crippen molar-refractivity contribution in [2.24, 2.45) is 0 Å². The van der Waals surface area contributed by atoms with Gasteiger partial charge in [0.25, 0.3) is 0 Å². The van der Waals surface area contributed by atoms with Gasteiger partial charge in [-0.2, -0.15) is 0 Å². The van der Waals surface area contributed by atoms with Crippen molar-refractivity contribution in [3.05, 3.63) is 29.6 Å². The highest BCUT2D eigenvalue weighted by Crippen LogP contribution is 2.35. The third kappa shape index (κ3) is 3.07. The predicted octanol–water partition coefficient (Wildman–Crippen LogP) is 2.65. The zero-order valence-corrected chi connectivity index (χ0v) is 11.2. The molecule has 5 nitrogen and oxygen atoms in total. The number of carbonyl (C=O) groups is 2. The first-order valence-electron chi connectivity index (χ1n) is 6.48. The van der Waals surface area contributed by atoms with Crippen LogP contribution in [-0.4, -0.2) is 22.6 Å². The number of rotatable bonds is 4. The van der Waals surface area contributed by atoms with Crippen molar-refractivity contribution in [1.82, 2.24) is 5.32 Å². The van der Waals surface area contributed by atoms with E-state index in [0.717, 1.165) is 6.42 Å². The monoisotopic (exact) mass is 280 g/mol. The molecular weight excluding hydrogens is 263 g/mol. The molecule has 0 heterocycles. The number of anilines is 1. The molecule has 0 unspecified atom stereocenters. The van der Waals surface area contributed by atoms with Gasteiger partial charge < -0.3 is 15.7 Å². The minimum atomic E-state index is -0.952. The van der Waals surface area contributed by atoms with E-state index in [2.05, 4.69) is 10.6 Å². The summed E-state index contributed by atoms with van der Waals surface area (Å²) in [5, 5.41) is 14.0. The molecule has 0 bridgehead atoms. The van der Waals surface area contributed by atoms with Gasteiger partial charge >= 0.3 is 12.0 Å².